The van der Waals surface area contributed by atoms with Crippen LogP contribution in [-0.2, 0) is 10.0 Å². The number of aliphatic imine (C=N–C) groups is 1. The fraction of sp³-hybridized carbons (Fsp3) is 0.545. The van der Waals surface area contributed by atoms with Crippen LogP contribution in [0.3, 0.4) is 0 Å². The fourth-order valence-corrected chi connectivity index (χ4v) is 3.79. The Balaban J connectivity index is 0.00000400. The topological polar surface area (TPSA) is 96.6 Å². The molecular weight excluding hydrogens is 447 g/mol. The van der Waals surface area contributed by atoms with E-state index in [0.717, 1.165) is 11.3 Å². The van der Waals surface area contributed by atoms with Crippen LogP contribution < -0.4 is 15.8 Å². The van der Waals surface area contributed by atoms with E-state index in [2.05, 4.69) is 15.0 Å². The minimum absolute atomic E-state index is 0. The van der Waals surface area contributed by atoms with Gasteiger partial charge in [-0.05, 0) is 18.1 Å². The molecule has 0 amide bonds. The Morgan fingerprint density at radius 1 is 1.43 bits per heavy atom. The predicted molar refractivity (Wildman–Crippen MR) is 99.3 cm³/mol. The van der Waals surface area contributed by atoms with Crippen molar-refractivity contribution in [1.82, 2.24) is 10.0 Å². The van der Waals surface area contributed by atoms with Crippen LogP contribution >= 0.6 is 46.9 Å². The minimum atomic E-state index is -3.50. The molecule has 0 aromatic carbocycles. The van der Waals surface area contributed by atoms with E-state index < -0.39 is 10.0 Å². The molecule has 1 heterocycles. The van der Waals surface area contributed by atoms with Gasteiger partial charge in [0, 0.05) is 19.6 Å². The maximum Gasteiger partial charge on any atom is 0.250 e. The second-order valence-corrected chi connectivity index (χ2v) is 8.21. The summed E-state index contributed by atoms with van der Waals surface area (Å²) in [7, 11) is -3.50. The molecule has 4 N–H and O–H groups in total. The lowest BCUT2D eigenvalue weighted by molar-refractivity contribution is 0.583. The molecule has 21 heavy (non-hydrogen) atoms. The van der Waals surface area contributed by atoms with Gasteiger partial charge in [-0.15, -0.1) is 35.3 Å². The Bertz CT molecular complexity index is 560. The van der Waals surface area contributed by atoms with E-state index in [1.165, 1.54) is 6.07 Å². The molecule has 0 bridgehead atoms. The molecular formula is C11H20ClIN4O2S2. The molecule has 0 fully saturated rings. The van der Waals surface area contributed by atoms with E-state index in [9.17, 15) is 8.42 Å². The fourth-order valence-electron chi connectivity index (χ4n) is 1.23. The van der Waals surface area contributed by atoms with Crippen molar-refractivity contribution in [1.29, 1.82) is 0 Å². The SMILES string of the molecule is CC(C)CN=C(N)NCCNS(=O)(=O)c1ccc(Cl)s1.I. The molecule has 0 saturated carbocycles. The van der Waals surface area contributed by atoms with Gasteiger partial charge in [-0.3, -0.25) is 4.99 Å². The normalized spacial score (nSPS) is 12.3. The van der Waals surface area contributed by atoms with Crippen molar-refractivity contribution in [3.63, 3.8) is 0 Å². The van der Waals surface area contributed by atoms with Gasteiger partial charge in [-0.1, -0.05) is 25.4 Å². The molecule has 1 aromatic rings. The van der Waals surface area contributed by atoms with Gasteiger partial charge < -0.3 is 11.1 Å². The smallest absolute Gasteiger partial charge is 0.250 e. The van der Waals surface area contributed by atoms with E-state index >= 15 is 0 Å². The molecule has 0 saturated heterocycles. The lowest BCUT2D eigenvalue weighted by Gasteiger charge is -2.07. The number of nitrogens with one attached hydrogen (secondary N) is 2. The summed E-state index contributed by atoms with van der Waals surface area (Å²) in [5.74, 6) is 0.745. The zero-order chi connectivity index (χ0) is 15.2. The minimum Gasteiger partial charge on any atom is -0.370 e. The van der Waals surface area contributed by atoms with Gasteiger partial charge >= 0.3 is 0 Å². The summed E-state index contributed by atoms with van der Waals surface area (Å²) in [6.45, 7) is 5.30. The van der Waals surface area contributed by atoms with Crippen LogP contribution in [0.4, 0.5) is 0 Å². The zero-order valence-electron chi connectivity index (χ0n) is 11.8. The first-order valence-corrected chi connectivity index (χ1v) is 8.78. The number of thiophene rings is 1. The number of hydrogen-bond donors (Lipinski definition) is 3. The number of guanidine groups is 1. The third kappa shape index (κ3) is 8.19. The van der Waals surface area contributed by atoms with Crippen molar-refractivity contribution in [2.75, 3.05) is 19.6 Å². The van der Waals surface area contributed by atoms with Crippen LogP contribution in [0.2, 0.25) is 4.34 Å². The Kier molecular flexibility index (Phi) is 9.78. The number of sulfonamides is 1. The maximum absolute atomic E-state index is 11.9. The summed E-state index contributed by atoms with van der Waals surface area (Å²) < 4.78 is 26.8. The second kappa shape index (κ2) is 9.82. The zero-order valence-corrected chi connectivity index (χ0v) is 16.5. The largest absolute Gasteiger partial charge is 0.370 e. The van der Waals surface area contributed by atoms with E-state index in [4.69, 9.17) is 17.3 Å². The monoisotopic (exact) mass is 466 g/mol. The average molecular weight is 467 g/mol. The molecule has 10 heteroatoms. The lowest BCUT2D eigenvalue weighted by Crippen LogP contribution is -2.38. The summed E-state index contributed by atoms with van der Waals surface area (Å²) in [6.07, 6.45) is 0. The number of hydrogen-bond acceptors (Lipinski definition) is 4. The molecule has 1 rings (SSSR count). The predicted octanol–water partition coefficient (Wildman–Crippen LogP) is 1.86. The summed E-state index contributed by atoms with van der Waals surface area (Å²) in [5.41, 5.74) is 5.63. The van der Waals surface area contributed by atoms with Gasteiger partial charge in [0.2, 0.25) is 10.0 Å². The standard InChI is InChI=1S/C11H19ClN4O2S2.HI/c1-8(2)7-15-11(13)14-5-6-16-20(17,18)10-4-3-9(12)19-10;/h3-4,8,16H,5-7H2,1-2H3,(H3,13,14,15);1H. The molecule has 0 aliphatic heterocycles. The number of nitrogens with zero attached hydrogens (tertiary/aromatic N) is 1. The van der Waals surface area contributed by atoms with Gasteiger partial charge in [0.25, 0.3) is 0 Å². The molecule has 0 unspecified atom stereocenters. The van der Waals surface area contributed by atoms with Crippen LogP contribution in [0.15, 0.2) is 21.3 Å². The van der Waals surface area contributed by atoms with Crippen molar-refractivity contribution in [2.24, 2.45) is 16.6 Å². The van der Waals surface area contributed by atoms with Crippen molar-refractivity contribution >= 4 is 62.9 Å². The molecule has 0 atom stereocenters. The first-order chi connectivity index (χ1) is 9.31. The van der Waals surface area contributed by atoms with E-state index in [-0.39, 0.29) is 34.7 Å². The van der Waals surface area contributed by atoms with Gasteiger partial charge in [0.15, 0.2) is 5.96 Å². The second-order valence-electron chi connectivity index (χ2n) is 4.50. The Hall–Kier alpha value is -0.1000. The van der Waals surface area contributed by atoms with Crippen LogP contribution in [-0.4, -0.2) is 34.0 Å². The van der Waals surface area contributed by atoms with E-state index in [0.29, 0.717) is 29.3 Å². The molecule has 0 aliphatic carbocycles. The average Bonchev–Trinajstić information content (AvgIpc) is 2.79. The summed E-state index contributed by atoms with van der Waals surface area (Å²) >= 11 is 6.73. The first kappa shape index (κ1) is 20.9. The molecule has 122 valence electrons. The molecule has 0 radical (unpaired) electrons. The summed E-state index contributed by atoms with van der Waals surface area (Å²) in [5, 5.41) is 2.85. The van der Waals surface area contributed by atoms with E-state index in [1.54, 1.807) is 6.07 Å². The van der Waals surface area contributed by atoms with Crippen molar-refractivity contribution in [3.05, 3.63) is 16.5 Å². The highest BCUT2D eigenvalue weighted by Crippen LogP contribution is 2.24. The van der Waals surface area contributed by atoms with Crippen LogP contribution in [0.25, 0.3) is 0 Å². The third-order valence-electron chi connectivity index (χ3n) is 2.16. The Morgan fingerprint density at radius 3 is 2.62 bits per heavy atom. The first-order valence-electron chi connectivity index (χ1n) is 6.10. The van der Waals surface area contributed by atoms with Crippen molar-refractivity contribution < 1.29 is 8.42 Å². The Labute approximate surface area is 151 Å². The van der Waals surface area contributed by atoms with E-state index in [1.807, 2.05) is 13.8 Å². The molecule has 0 spiro atoms. The van der Waals surface area contributed by atoms with Crippen LogP contribution in [0.5, 0.6) is 0 Å². The summed E-state index contributed by atoms with van der Waals surface area (Å²) in [6, 6.07) is 3.02. The number of nitrogens with two attached hydrogens (primary N) is 1. The summed E-state index contributed by atoms with van der Waals surface area (Å²) in [4.78, 5) is 4.11. The van der Waals surface area contributed by atoms with Crippen molar-refractivity contribution in [2.45, 2.75) is 18.1 Å². The number of halogens is 2. The van der Waals surface area contributed by atoms with Crippen LogP contribution in [0.1, 0.15) is 13.8 Å². The van der Waals surface area contributed by atoms with Gasteiger partial charge in [-0.2, -0.15) is 0 Å². The number of rotatable bonds is 7. The highest BCUT2D eigenvalue weighted by molar-refractivity contribution is 14.0. The highest BCUT2D eigenvalue weighted by atomic mass is 127. The Morgan fingerprint density at radius 2 is 2.10 bits per heavy atom. The van der Waals surface area contributed by atoms with Crippen molar-refractivity contribution in [3.8, 4) is 0 Å². The molecule has 6 nitrogen and oxygen atoms in total. The third-order valence-corrected chi connectivity index (χ3v) is 5.35. The lowest BCUT2D eigenvalue weighted by atomic mass is 10.2. The van der Waals surface area contributed by atoms with Gasteiger partial charge in [-0.25, -0.2) is 13.1 Å². The quantitative estimate of drug-likeness (QED) is 0.247. The maximum atomic E-state index is 11.9. The van der Waals surface area contributed by atoms with Crippen LogP contribution in [0, 0.1) is 5.92 Å². The molecule has 0 aliphatic rings. The molecule has 1 aromatic heterocycles. The van der Waals surface area contributed by atoms with Gasteiger partial charge in [0.1, 0.15) is 4.21 Å². The van der Waals surface area contributed by atoms with Gasteiger partial charge in [0.05, 0.1) is 4.34 Å². The highest BCUT2D eigenvalue weighted by Gasteiger charge is 2.15.